The first-order valence-electron chi connectivity index (χ1n) is 5.62. The van der Waals surface area contributed by atoms with Crippen LogP contribution < -0.4 is 5.32 Å². The maximum absolute atomic E-state index is 8.73. The van der Waals surface area contributed by atoms with Gasteiger partial charge in [0.05, 0.1) is 18.8 Å². The van der Waals surface area contributed by atoms with Gasteiger partial charge in [-0.2, -0.15) is 0 Å². The molecule has 1 aromatic rings. The monoisotopic (exact) mass is 210 g/mol. The normalized spacial score (nSPS) is 17.4. The molecule has 1 fully saturated rings. The number of nitrogens with one attached hydrogen (secondary N) is 1. The lowest BCUT2D eigenvalue weighted by Crippen LogP contribution is -2.25. The van der Waals surface area contributed by atoms with E-state index in [0.29, 0.717) is 12.6 Å². The summed E-state index contributed by atoms with van der Waals surface area (Å²) in [5.74, 6) is 0. The third-order valence-electron chi connectivity index (χ3n) is 2.84. The van der Waals surface area contributed by atoms with Gasteiger partial charge >= 0.3 is 0 Å². The second-order valence-electron chi connectivity index (χ2n) is 4.06. The molecule has 0 saturated heterocycles. The topological polar surface area (TPSA) is 63.0 Å². The van der Waals surface area contributed by atoms with Gasteiger partial charge in [0.1, 0.15) is 0 Å². The van der Waals surface area contributed by atoms with E-state index in [9.17, 15) is 0 Å². The predicted molar refractivity (Wildman–Crippen MR) is 56.2 cm³/mol. The van der Waals surface area contributed by atoms with Crippen LogP contribution in [0.5, 0.6) is 0 Å². The molecule has 0 radical (unpaired) electrons. The molecule has 2 N–H and O–H groups in total. The van der Waals surface area contributed by atoms with Gasteiger partial charge in [0, 0.05) is 18.8 Å². The predicted octanol–water partition coefficient (Wildman–Crippen LogP) is 0.303. The van der Waals surface area contributed by atoms with Gasteiger partial charge in [-0.25, -0.2) is 4.68 Å². The van der Waals surface area contributed by atoms with Crippen LogP contribution in [0.1, 0.15) is 31.4 Å². The fourth-order valence-electron chi connectivity index (χ4n) is 2.01. The van der Waals surface area contributed by atoms with Crippen LogP contribution in [0.2, 0.25) is 0 Å². The van der Waals surface area contributed by atoms with Crippen molar-refractivity contribution in [3.63, 3.8) is 0 Å². The Kier molecular flexibility index (Phi) is 3.69. The summed E-state index contributed by atoms with van der Waals surface area (Å²) in [6.45, 7) is 1.42. The van der Waals surface area contributed by atoms with Crippen molar-refractivity contribution in [1.82, 2.24) is 20.3 Å². The van der Waals surface area contributed by atoms with Gasteiger partial charge in [-0.15, -0.1) is 5.10 Å². The minimum absolute atomic E-state index is 0.110. The van der Waals surface area contributed by atoms with E-state index in [1.165, 1.54) is 25.7 Å². The highest BCUT2D eigenvalue weighted by Gasteiger charge is 2.14. The van der Waals surface area contributed by atoms with E-state index in [1.54, 1.807) is 4.68 Å². The maximum Gasteiger partial charge on any atom is 0.0964 e. The van der Waals surface area contributed by atoms with Crippen LogP contribution in [0.4, 0.5) is 0 Å². The molecule has 2 rings (SSSR count). The average molecular weight is 210 g/mol. The average Bonchev–Trinajstić information content (AvgIpc) is 2.85. The molecular weight excluding hydrogens is 192 g/mol. The quantitative estimate of drug-likeness (QED) is 0.734. The van der Waals surface area contributed by atoms with E-state index in [0.717, 1.165) is 12.2 Å². The van der Waals surface area contributed by atoms with Crippen LogP contribution in [-0.2, 0) is 13.1 Å². The zero-order chi connectivity index (χ0) is 10.5. The highest BCUT2D eigenvalue weighted by Crippen LogP contribution is 2.17. The van der Waals surface area contributed by atoms with Crippen molar-refractivity contribution in [3.8, 4) is 0 Å². The van der Waals surface area contributed by atoms with Gasteiger partial charge in [-0.05, 0) is 12.8 Å². The number of hydrogen-bond acceptors (Lipinski definition) is 4. The number of aliphatic hydroxyl groups excluding tert-OH is 1. The second kappa shape index (κ2) is 5.23. The van der Waals surface area contributed by atoms with Crippen molar-refractivity contribution >= 4 is 0 Å². The van der Waals surface area contributed by atoms with E-state index in [-0.39, 0.29) is 6.61 Å². The molecule has 1 aliphatic rings. The van der Waals surface area contributed by atoms with Crippen molar-refractivity contribution in [2.75, 3.05) is 6.61 Å². The number of hydrogen-bond donors (Lipinski definition) is 2. The first kappa shape index (κ1) is 10.6. The molecule has 1 aromatic heterocycles. The largest absolute Gasteiger partial charge is 0.394 e. The summed E-state index contributed by atoms with van der Waals surface area (Å²) in [5, 5.41) is 20.2. The lowest BCUT2D eigenvalue weighted by molar-refractivity contribution is 0.268. The molecule has 0 spiro atoms. The Morgan fingerprint density at radius 2 is 2.27 bits per heavy atom. The Morgan fingerprint density at radius 1 is 1.47 bits per heavy atom. The number of rotatable bonds is 5. The standard InChI is InChI=1S/C10H18N4O/c15-6-5-14-8-10(12-13-14)7-11-9-3-1-2-4-9/h8-9,11,15H,1-7H2. The third-order valence-corrected chi connectivity index (χ3v) is 2.84. The van der Waals surface area contributed by atoms with Crippen molar-refractivity contribution in [2.24, 2.45) is 0 Å². The van der Waals surface area contributed by atoms with E-state index in [2.05, 4.69) is 15.6 Å². The Labute approximate surface area is 89.5 Å². The maximum atomic E-state index is 8.73. The van der Waals surface area contributed by atoms with Crippen LogP contribution >= 0.6 is 0 Å². The molecule has 0 unspecified atom stereocenters. The van der Waals surface area contributed by atoms with Crippen LogP contribution in [0.25, 0.3) is 0 Å². The third kappa shape index (κ3) is 3.00. The molecule has 0 aromatic carbocycles. The van der Waals surface area contributed by atoms with Crippen LogP contribution in [-0.4, -0.2) is 32.7 Å². The van der Waals surface area contributed by atoms with Crippen molar-refractivity contribution < 1.29 is 5.11 Å². The van der Waals surface area contributed by atoms with Crippen molar-refractivity contribution in [2.45, 2.75) is 44.8 Å². The van der Waals surface area contributed by atoms with Gasteiger partial charge in [0.2, 0.25) is 0 Å². The smallest absolute Gasteiger partial charge is 0.0964 e. The second-order valence-corrected chi connectivity index (χ2v) is 4.06. The Balaban J connectivity index is 1.77. The Bertz CT molecular complexity index is 293. The molecule has 84 valence electrons. The molecule has 1 aliphatic carbocycles. The molecule has 5 heteroatoms. The summed E-state index contributed by atoms with van der Waals surface area (Å²) in [6.07, 6.45) is 7.14. The summed E-state index contributed by atoms with van der Waals surface area (Å²) in [5.41, 5.74) is 0.954. The lowest BCUT2D eigenvalue weighted by atomic mass is 10.2. The highest BCUT2D eigenvalue weighted by atomic mass is 16.3. The molecule has 0 bridgehead atoms. The van der Waals surface area contributed by atoms with Crippen LogP contribution in [0, 0.1) is 0 Å². The lowest BCUT2D eigenvalue weighted by Gasteiger charge is -2.09. The molecule has 1 saturated carbocycles. The highest BCUT2D eigenvalue weighted by molar-refractivity contribution is 4.92. The van der Waals surface area contributed by atoms with Gasteiger partial charge in [-0.1, -0.05) is 18.1 Å². The molecule has 0 atom stereocenters. The van der Waals surface area contributed by atoms with E-state index < -0.39 is 0 Å². The fourth-order valence-corrected chi connectivity index (χ4v) is 2.01. The van der Waals surface area contributed by atoms with Crippen LogP contribution in [0.15, 0.2) is 6.20 Å². The van der Waals surface area contributed by atoms with Gasteiger partial charge < -0.3 is 10.4 Å². The fraction of sp³-hybridized carbons (Fsp3) is 0.800. The SMILES string of the molecule is OCCn1cc(CNC2CCCC2)nn1. The van der Waals surface area contributed by atoms with E-state index in [4.69, 9.17) is 5.11 Å². The Hall–Kier alpha value is -0.940. The zero-order valence-corrected chi connectivity index (χ0v) is 8.89. The Morgan fingerprint density at radius 3 is 3.00 bits per heavy atom. The van der Waals surface area contributed by atoms with E-state index >= 15 is 0 Å². The minimum atomic E-state index is 0.110. The number of nitrogens with zero attached hydrogens (tertiary/aromatic N) is 3. The number of aromatic nitrogens is 3. The molecule has 15 heavy (non-hydrogen) atoms. The van der Waals surface area contributed by atoms with Gasteiger partial charge in [0.15, 0.2) is 0 Å². The molecule has 5 nitrogen and oxygen atoms in total. The molecule has 1 heterocycles. The summed E-state index contributed by atoms with van der Waals surface area (Å²) in [7, 11) is 0. The summed E-state index contributed by atoms with van der Waals surface area (Å²) in [4.78, 5) is 0. The molecule has 0 aliphatic heterocycles. The summed E-state index contributed by atoms with van der Waals surface area (Å²) in [6, 6.07) is 0.660. The summed E-state index contributed by atoms with van der Waals surface area (Å²) >= 11 is 0. The van der Waals surface area contributed by atoms with Gasteiger partial charge in [-0.3, -0.25) is 0 Å². The van der Waals surface area contributed by atoms with Gasteiger partial charge in [0.25, 0.3) is 0 Å². The number of aliphatic hydroxyl groups is 1. The van der Waals surface area contributed by atoms with Crippen LogP contribution in [0.3, 0.4) is 0 Å². The van der Waals surface area contributed by atoms with Crippen molar-refractivity contribution in [3.05, 3.63) is 11.9 Å². The molecule has 0 amide bonds. The van der Waals surface area contributed by atoms with Crippen molar-refractivity contribution in [1.29, 1.82) is 0 Å². The zero-order valence-electron chi connectivity index (χ0n) is 8.89. The van der Waals surface area contributed by atoms with E-state index in [1.807, 2.05) is 6.20 Å². The minimum Gasteiger partial charge on any atom is -0.394 e. The molecular formula is C10H18N4O. The summed E-state index contributed by atoms with van der Waals surface area (Å²) < 4.78 is 1.67. The first-order chi connectivity index (χ1) is 7.38. The first-order valence-corrected chi connectivity index (χ1v) is 5.62.